The molecule has 0 aromatic rings. The molecule has 0 saturated heterocycles. The Morgan fingerprint density at radius 1 is 1.15 bits per heavy atom. The Balaban J connectivity index is 1.40. The number of aliphatic hydroxyl groups excluding tert-OH is 2. The summed E-state index contributed by atoms with van der Waals surface area (Å²) in [5, 5.41) is 20.4. The van der Waals surface area contributed by atoms with Crippen molar-refractivity contribution in [2.45, 2.75) is 91.3 Å². The number of carbonyl (C=O) groups is 2. The Kier molecular flexibility index (Phi) is 5.68. The fraction of sp³-hybridized carbons (Fsp3) is 0.786. The van der Waals surface area contributed by atoms with Crippen LogP contribution >= 0.6 is 0 Å². The first-order chi connectivity index (χ1) is 15.6. The Bertz CT molecular complexity index is 917. The summed E-state index contributed by atoms with van der Waals surface area (Å²) in [7, 11) is 0. The van der Waals surface area contributed by atoms with Gasteiger partial charge in [-0.05, 0) is 98.5 Å². The van der Waals surface area contributed by atoms with Crippen LogP contribution in [0.5, 0.6) is 0 Å². The number of hydrogen-bond acceptors (Lipinski definition) is 5. The minimum atomic E-state index is -0.497. The van der Waals surface area contributed by atoms with Crippen LogP contribution in [0.15, 0.2) is 22.8 Å². The third-order valence-electron chi connectivity index (χ3n) is 11.0. The van der Waals surface area contributed by atoms with E-state index in [-0.39, 0.29) is 30.0 Å². The normalized spacial score (nSPS) is 46.2. The molecule has 9 atom stereocenters. The number of rotatable bonds is 3. The lowest BCUT2D eigenvalue weighted by atomic mass is 9.46. The number of hydrogen-bond donors (Lipinski definition) is 2. The van der Waals surface area contributed by atoms with Gasteiger partial charge in [-0.1, -0.05) is 19.9 Å². The molecular formula is C28H40O5. The van der Waals surface area contributed by atoms with E-state index in [2.05, 4.69) is 26.8 Å². The van der Waals surface area contributed by atoms with Crippen LogP contribution in [0.25, 0.3) is 0 Å². The molecule has 0 spiro atoms. The van der Waals surface area contributed by atoms with E-state index in [0.29, 0.717) is 54.3 Å². The van der Waals surface area contributed by atoms with E-state index in [9.17, 15) is 19.8 Å². The maximum atomic E-state index is 13.2. The van der Waals surface area contributed by atoms with Crippen molar-refractivity contribution in [2.75, 3.05) is 6.61 Å². The number of Topliss-reactive ketones (excluding diaryl/α,β-unsaturated/α-hetero) is 1. The lowest BCUT2D eigenvalue weighted by Crippen LogP contribution is -2.55. The highest BCUT2D eigenvalue weighted by molar-refractivity contribution is 5.90. The van der Waals surface area contributed by atoms with Crippen LogP contribution in [-0.2, 0) is 14.3 Å². The van der Waals surface area contributed by atoms with E-state index >= 15 is 0 Å². The van der Waals surface area contributed by atoms with E-state index in [1.807, 2.05) is 0 Å². The van der Waals surface area contributed by atoms with Gasteiger partial charge in [0, 0.05) is 18.4 Å². The van der Waals surface area contributed by atoms with Gasteiger partial charge in [0.2, 0.25) is 0 Å². The first-order valence-corrected chi connectivity index (χ1v) is 13.0. The van der Waals surface area contributed by atoms with Crippen molar-refractivity contribution in [3.8, 4) is 0 Å². The molecule has 5 heteroatoms. The maximum Gasteiger partial charge on any atom is 0.334 e. The van der Waals surface area contributed by atoms with Crippen LogP contribution in [0, 0.1) is 40.4 Å². The lowest BCUT2D eigenvalue weighted by Gasteiger charge is -2.58. The topological polar surface area (TPSA) is 83.8 Å². The Morgan fingerprint density at radius 2 is 1.91 bits per heavy atom. The van der Waals surface area contributed by atoms with E-state index in [1.165, 1.54) is 0 Å². The molecule has 182 valence electrons. The number of ketones is 1. The zero-order valence-corrected chi connectivity index (χ0v) is 20.6. The van der Waals surface area contributed by atoms with Gasteiger partial charge in [-0.2, -0.15) is 0 Å². The van der Waals surface area contributed by atoms with Crippen molar-refractivity contribution >= 4 is 11.8 Å². The third-order valence-corrected chi connectivity index (χ3v) is 11.0. The zero-order chi connectivity index (χ0) is 23.7. The number of allylic oxidation sites excluding steroid dienone is 1. The van der Waals surface area contributed by atoms with Gasteiger partial charge in [-0.25, -0.2) is 4.79 Å². The molecule has 3 fully saturated rings. The van der Waals surface area contributed by atoms with Crippen molar-refractivity contribution in [3.63, 3.8) is 0 Å². The number of fused-ring (bicyclic) bond motifs is 5. The van der Waals surface area contributed by atoms with Crippen LogP contribution in [0.4, 0.5) is 0 Å². The molecule has 0 unspecified atom stereocenters. The fourth-order valence-electron chi connectivity index (χ4n) is 9.00. The number of ether oxygens (including phenoxy) is 1. The Morgan fingerprint density at radius 3 is 2.64 bits per heavy atom. The number of carbonyl (C=O) groups excluding carboxylic acids is 2. The average Bonchev–Trinajstić information content (AvgIpc) is 3.15. The molecule has 0 aromatic heterocycles. The second-order valence-corrected chi connectivity index (χ2v) is 12.1. The van der Waals surface area contributed by atoms with Gasteiger partial charge >= 0.3 is 5.97 Å². The quantitative estimate of drug-likeness (QED) is 0.487. The van der Waals surface area contributed by atoms with Crippen LogP contribution in [-0.4, -0.2) is 40.8 Å². The molecule has 1 heterocycles. The molecule has 2 N–H and O–H groups in total. The summed E-state index contributed by atoms with van der Waals surface area (Å²) in [4.78, 5) is 25.6. The molecule has 1 aliphatic heterocycles. The van der Waals surface area contributed by atoms with Crippen LogP contribution < -0.4 is 0 Å². The van der Waals surface area contributed by atoms with Crippen molar-refractivity contribution in [3.05, 3.63) is 22.8 Å². The highest BCUT2D eigenvalue weighted by Gasteiger charge is 2.62. The van der Waals surface area contributed by atoms with E-state index in [1.54, 1.807) is 6.92 Å². The number of esters is 1. The summed E-state index contributed by atoms with van der Waals surface area (Å²) in [6, 6.07) is 0. The molecule has 4 aliphatic carbocycles. The van der Waals surface area contributed by atoms with E-state index < -0.39 is 11.5 Å². The standard InChI is InChI=1S/C28H40O5/c1-15-17(14-29)13-24(33-26(15)32)16(2)19-7-8-20-18-5-6-22-23(30)9-10-25(31)28(22,4)21(18)11-12-27(19,20)3/h6,16,18-21,23-24,29-30H,5,7-14H2,1-4H3/t16-,18-,19+,20-,21-,23-,24+,27+,28+/m0/s1. The summed E-state index contributed by atoms with van der Waals surface area (Å²) in [5.74, 6) is 2.10. The average molecular weight is 457 g/mol. The van der Waals surface area contributed by atoms with Crippen LogP contribution in [0.1, 0.15) is 79.1 Å². The second kappa shape index (κ2) is 8.05. The van der Waals surface area contributed by atoms with Gasteiger partial charge in [-0.3, -0.25) is 4.79 Å². The van der Waals surface area contributed by atoms with Crippen molar-refractivity contribution in [1.82, 2.24) is 0 Å². The van der Waals surface area contributed by atoms with E-state index in [0.717, 1.165) is 43.3 Å². The predicted octanol–water partition coefficient (Wildman–Crippen LogP) is 4.37. The highest BCUT2D eigenvalue weighted by Crippen LogP contribution is 2.67. The fourth-order valence-corrected chi connectivity index (χ4v) is 9.00. The van der Waals surface area contributed by atoms with Gasteiger partial charge in [-0.15, -0.1) is 0 Å². The van der Waals surface area contributed by atoms with Gasteiger partial charge in [0.25, 0.3) is 0 Å². The Hall–Kier alpha value is -1.46. The van der Waals surface area contributed by atoms with Crippen molar-refractivity contribution in [2.24, 2.45) is 40.4 Å². The molecule has 5 rings (SSSR count). The second-order valence-electron chi connectivity index (χ2n) is 12.1. The van der Waals surface area contributed by atoms with Crippen LogP contribution in [0.3, 0.4) is 0 Å². The summed E-state index contributed by atoms with van der Waals surface area (Å²) in [6.45, 7) is 8.47. The molecule has 0 aromatic carbocycles. The van der Waals surface area contributed by atoms with Crippen LogP contribution in [0.2, 0.25) is 0 Å². The first kappa shape index (κ1) is 23.3. The monoisotopic (exact) mass is 456 g/mol. The first-order valence-electron chi connectivity index (χ1n) is 13.0. The lowest BCUT2D eigenvalue weighted by molar-refractivity contribution is -0.152. The minimum Gasteiger partial charge on any atom is -0.458 e. The molecule has 5 nitrogen and oxygen atoms in total. The molecule has 33 heavy (non-hydrogen) atoms. The summed E-state index contributed by atoms with van der Waals surface area (Å²) < 4.78 is 5.86. The van der Waals surface area contributed by atoms with Crippen molar-refractivity contribution < 1.29 is 24.5 Å². The molecule has 0 amide bonds. The van der Waals surface area contributed by atoms with Crippen molar-refractivity contribution in [1.29, 1.82) is 0 Å². The third kappa shape index (κ3) is 3.25. The molecule has 5 aliphatic rings. The van der Waals surface area contributed by atoms with Gasteiger partial charge in [0.05, 0.1) is 18.1 Å². The molecule has 0 radical (unpaired) electrons. The van der Waals surface area contributed by atoms with Gasteiger partial charge in [0.15, 0.2) is 0 Å². The zero-order valence-electron chi connectivity index (χ0n) is 20.6. The predicted molar refractivity (Wildman–Crippen MR) is 125 cm³/mol. The summed E-state index contributed by atoms with van der Waals surface area (Å²) >= 11 is 0. The molecule has 0 bridgehead atoms. The maximum absolute atomic E-state index is 13.2. The molecular weight excluding hydrogens is 416 g/mol. The Labute approximate surface area is 197 Å². The number of aliphatic hydroxyl groups is 2. The van der Waals surface area contributed by atoms with E-state index in [4.69, 9.17) is 4.74 Å². The smallest absolute Gasteiger partial charge is 0.334 e. The summed E-state index contributed by atoms with van der Waals surface area (Å²) in [6.07, 6.45) is 8.64. The van der Waals surface area contributed by atoms with Gasteiger partial charge in [0.1, 0.15) is 11.9 Å². The minimum absolute atomic E-state index is 0.0778. The molecule has 3 saturated carbocycles. The largest absolute Gasteiger partial charge is 0.458 e. The summed E-state index contributed by atoms with van der Waals surface area (Å²) in [5.41, 5.74) is 2.05. The highest BCUT2D eigenvalue weighted by atomic mass is 16.5. The number of cyclic esters (lactones) is 1. The SMILES string of the molecule is CC1=C(CO)C[C@H]([C@@H](C)[C@H]2CC[C@H]3[C@@H]4CC=C5[C@@H](O)CCC(=O)[C@]5(C)[C@H]4CC[C@]23C)OC1=O. The van der Waals surface area contributed by atoms with Gasteiger partial charge < -0.3 is 14.9 Å².